The number of furan rings is 1. The summed E-state index contributed by atoms with van der Waals surface area (Å²) in [6.45, 7) is 2.84. The van der Waals surface area contributed by atoms with Gasteiger partial charge in [-0.1, -0.05) is 0 Å². The van der Waals surface area contributed by atoms with Crippen LogP contribution in [0, 0.1) is 5.92 Å². The summed E-state index contributed by atoms with van der Waals surface area (Å²) in [5.41, 5.74) is 0. The maximum atomic E-state index is 11.8. The lowest BCUT2D eigenvalue weighted by Gasteiger charge is -2.31. The third-order valence-electron chi connectivity index (χ3n) is 2.40. The van der Waals surface area contributed by atoms with Crippen LogP contribution in [-0.4, -0.2) is 23.5 Å². The van der Waals surface area contributed by atoms with Crippen LogP contribution >= 0.6 is 0 Å². The number of hydrogen-bond acceptors (Lipinski definition) is 6. The molecule has 19 heavy (non-hydrogen) atoms. The van der Waals surface area contributed by atoms with Gasteiger partial charge >= 0.3 is 11.9 Å². The maximum absolute atomic E-state index is 11.8. The molecule has 2 heterocycles. The minimum absolute atomic E-state index is 0.436. The van der Waals surface area contributed by atoms with Crippen LogP contribution in [0.25, 0.3) is 6.08 Å². The van der Waals surface area contributed by atoms with Gasteiger partial charge in [0.1, 0.15) is 5.76 Å². The standard InChI is InChI=1S/C13H12O6/c1-13(2)18-11(15)10(12(16)19-13)9(14)6-5-8-4-3-7-17-8/h3-7,10H,1-2H3. The first-order chi connectivity index (χ1) is 8.89. The number of cyclic esters (lactones) is 2. The van der Waals surface area contributed by atoms with E-state index in [1.54, 1.807) is 12.1 Å². The molecule has 1 aliphatic heterocycles. The minimum Gasteiger partial charge on any atom is -0.465 e. The summed E-state index contributed by atoms with van der Waals surface area (Å²) in [6.07, 6.45) is 3.89. The van der Waals surface area contributed by atoms with Crippen LogP contribution in [0.15, 0.2) is 28.9 Å². The second-order valence-electron chi connectivity index (χ2n) is 4.43. The molecule has 100 valence electrons. The van der Waals surface area contributed by atoms with E-state index in [0.29, 0.717) is 5.76 Å². The van der Waals surface area contributed by atoms with Gasteiger partial charge in [0.05, 0.1) is 6.26 Å². The van der Waals surface area contributed by atoms with Crippen molar-refractivity contribution < 1.29 is 28.3 Å². The average Bonchev–Trinajstić information content (AvgIpc) is 2.76. The Bertz CT molecular complexity index is 517. The molecule has 6 nitrogen and oxygen atoms in total. The van der Waals surface area contributed by atoms with Crippen molar-refractivity contribution in [2.24, 2.45) is 5.92 Å². The predicted octanol–water partition coefficient (Wildman–Crippen LogP) is 1.31. The van der Waals surface area contributed by atoms with Crippen LogP contribution in [-0.2, 0) is 23.9 Å². The third kappa shape index (κ3) is 2.90. The molecule has 0 N–H and O–H groups in total. The summed E-state index contributed by atoms with van der Waals surface area (Å²) < 4.78 is 14.7. The molecular formula is C13H12O6. The smallest absolute Gasteiger partial charge is 0.331 e. The van der Waals surface area contributed by atoms with E-state index in [0.717, 1.165) is 6.08 Å². The minimum atomic E-state index is -1.57. The molecular weight excluding hydrogens is 252 g/mol. The van der Waals surface area contributed by atoms with Gasteiger partial charge in [0.15, 0.2) is 5.78 Å². The number of carbonyl (C=O) groups excluding carboxylic acids is 3. The number of rotatable bonds is 3. The van der Waals surface area contributed by atoms with E-state index in [1.807, 2.05) is 0 Å². The van der Waals surface area contributed by atoms with Gasteiger partial charge in [-0.15, -0.1) is 0 Å². The number of ether oxygens (including phenoxy) is 2. The molecule has 1 aliphatic rings. The molecule has 0 radical (unpaired) electrons. The topological polar surface area (TPSA) is 82.8 Å². The zero-order valence-electron chi connectivity index (χ0n) is 10.4. The summed E-state index contributed by atoms with van der Waals surface area (Å²) >= 11 is 0. The SMILES string of the molecule is CC1(C)OC(=O)C(C(=O)C=Cc2ccco2)C(=O)O1. The van der Waals surface area contributed by atoms with Crippen molar-refractivity contribution in [2.45, 2.75) is 19.6 Å². The summed E-state index contributed by atoms with van der Waals surface area (Å²) in [6, 6.07) is 3.28. The van der Waals surface area contributed by atoms with Gasteiger partial charge in [-0.3, -0.25) is 14.4 Å². The van der Waals surface area contributed by atoms with E-state index in [4.69, 9.17) is 13.9 Å². The highest BCUT2D eigenvalue weighted by molar-refractivity contribution is 6.20. The second kappa shape index (κ2) is 4.72. The highest BCUT2D eigenvalue weighted by atomic mass is 16.7. The van der Waals surface area contributed by atoms with Gasteiger partial charge in [-0.2, -0.15) is 0 Å². The van der Waals surface area contributed by atoms with Gasteiger partial charge < -0.3 is 13.9 Å². The highest BCUT2D eigenvalue weighted by Gasteiger charge is 2.46. The van der Waals surface area contributed by atoms with E-state index in [-0.39, 0.29) is 0 Å². The summed E-state index contributed by atoms with van der Waals surface area (Å²) in [4.78, 5) is 35.0. The van der Waals surface area contributed by atoms with Gasteiger partial charge in [0, 0.05) is 13.8 Å². The molecule has 0 saturated carbocycles. The van der Waals surface area contributed by atoms with Crippen LogP contribution < -0.4 is 0 Å². The zero-order chi connectivity index (χ0) is 14.0. The Balaban J connectivity index is 2.11. The largest absolute Gasteiger partial charge is 0.465 e. The average molecular weight is 264 g/mol. The third-order valence-corrected chi connectivity index (χ3v) is 2.40. The molecule has 6 heteroatoms. The molecule has 2 rings (SSSR count). The summed E-state index contributed by atoms with van der Waals surface area (Å²) in [7, 11) is 0. The molecule has 0 unspecified atom stereocenters. The number of allylic oxidation sites excluding steroid dienone is 1. The van der Waals surface area contributed by atoms with Crippen molar-refractivity contribution in [2.75, 3.05) is 0 Å². The Hall–Kier alpha value is -2.37. The summed E-state index contributed by atoms with van der Waals surface area (Å²) in [5.74, 6) is -4.99. The maximum Gasteiger partial charge on any atom is 0.331 e. The summed E-state index contributed by atoms with van der Waals surface area (Å²) in [5, 5.41) is 0. The number of carbonyl (C=O) groups is 3. The van der Waals surface area contributed by atoms with Crippen molar-refractivity contribution in [3.05, 3.63) is 30.2 Å². The van der Waals surface area contributed by atoms with Gasteiger partial charge in [-0.05, 0) is 24.3 Å². The lowest BCUT2D eigenvalue weighted by atomic mass is 10.0. The first-order valence-electron chi connectivity index (χ1n) is 5.60. The Morgan fingerprint density at radius 1 is 1.26 bits per heavy atom. The number of esters is 2. The van der Waals surface area contributed by atoms with Gasteiger partial charge in [-0.25, -0.2) is 0 Å². The molecule has 0 aromatic carbocycles. The van der Waals surface area contributed by atoms with E-state index in [9.17, 15) is 14.4 Å². The quantitative estimate of drug-likeness (QED) is 0.465. The van der Waals surface area contributed by atoms with Crippen LogP contribution in [0.4, 0.5) is 0 Å². The molecule has 1 saturated heterocycles. The fraction of sp³-hybridized carbons (Fsp3) is 0.308. The molecule has 1 aromatic heterocycles. The molecule has 0 aliphatic carbocycles. The second-order valence-corrected chi connectivity index (χ2v) is 4.43. The van der Waals surface area contributed by atoms with Crippen LogP contribution in [0.2, 0.25) is 0 Å². The fourth-order valence-electron chi connectivity index (χ4n) is 1.60. The lowest BCUT2D eigenvalue weighted by molar-refractivity contribution is -0.238. The van der Waals surface area contributed by atoms with Crippen molar-refractivity contribution in [3.63, 3.8) is 0 Å². The van der Waals surface area contributed by atoms with Crippen molar-refractivity contribution in [3.8, 4) is 0 Å². The zero-order valence-corrected chi connectivity index (χ0v) is 10.4. The van der Waals surface area contributed by atoms with E-state index >= 15 is 0 Å². The Kier molecular flexibility index (Phi) is 3.25. The van der Waals surface area contributed by atoms with Crippen molar-refractivity contribution in [1.29, 1.82) is 0 Å². The molecule has 0 spiro atoms. The first kappa shape index (κ1) is 13.1. The Morgan fingerprint density at radius 2 is 1.89 bits per heavy atom. The first-order valence-corrected chi connectivity index (χ1v) is 5.60. The van der Waals surface area contributed by atoms with Crippen LogP contribution in [0.3, 0.4) is 0 Å². The van der Waals surface area contributed by atoms with Gasteiger partial charge in [0.2, 0.25) is 5.92 Å². The lowest BCUT2D eigenvalue weighted by Crippen LogP contribution is -2.48. The van der Waals surface area contributed by atoms with Crippen molar-refractivity contribution in [1.82, 2.24) is 0 Å². The number of ketones is 1. The van der Waals surface area contributed by atoms with Crippen LogP contribution in [0.5, 0.6) is 0 Å². The van der Waals surface area contributed by atoms with E-state index in [2.05, 4.69) is 0 Å². The van der Waals surface area contributed by atoms with E-state index in [1.165, 1.54) is 26.2 Å². The molecule has 0 atom stereocenters. The number of hydrogen-bond donors (Lipinski definition) is 0. The molecule has 1 aromatic rings. The normalized spacial score (nSPS) is 19.3. The monoisotopic (exact) mass is 264 g/mol. The van der Waals surface area contributed by atoms with Gasteiger partial charge in [0.25, 0.3) is 5.79 Å². The fourth-order valence-corrected chi connectivity index (χ4v) is 1.60. The van der Waals surface area contributed by atoms with E-state index < -0.39 is 29.4 Å². The molecule has 0 amide bonds. The molecule has 1 fully saturated rings. The molecule has 0 bridgehead atoms. The van der Waals surface area contributed by atoms with Crippen LogP contribution in [0.1, 0.15) is 19.6 Å². The predicted molar refractivity (Wildman–Crippen MR) is 62.5 cm³/mol. The Labute approximate surface area is 109 Å². The van der Waals surface area contributed by atoms with Crippen molar-refractivity contribution >= 4 is 23.8 Å². The Morgan fingerprint density at radius 3 is 2.42 bits per heavy atom. The highest BCUT2D eigenvalue weighted by Crippen LogP contribution is 2.24.